The third-order valence-electron chi connectivity index (χ3n) is 2.77. The Morgan fingerprint density at radius 3 is 3.00 bits per heavy atom. The zero-order valence-electron chi connectivity index (χ0n) is 11.4. The minimum Gasteiger partial charge on any atom is -0.399 e. The van der Waals surface area contributed by atoms with Crippen molar-refractivity contribution >= 4 is 5.69 Å². The summed E-state index contributed by atoms with van der Waals surface area (Å²) in [4.78, 5) is 0. The quantitative estimate of drug-likeness (QED) is 0.618. The molecule has 0 saturated heterocycles. The number of tetrazole rings is 1. The molecule has 0 spiro atoms. The van der Waals surface area contributed by atoms with Crippen molar-refractivity contribution in [2.75, 3.05) is 18.9 Å². The van der Waals surface area contributed by atoms with Gasteiger partial charge in [-0.3, -0.25) is 0 Å². The zero-order chi connectivity index (χ0) is 14.4. The van der Waals surface area contributed by atoms with Gasteiger partial charge in [0.2, 0.25) is 0 Å². The van der Waals surface area contributed by atoms with Crippen molar-refractivity contribution in [1.82, 2.24) is 20.2 Å². The lowest BCUT2D eigenvalue weighted by atomic mass is 10.2. The van der Waals surface area contributed by atoms with Gasteiger partial charge in [-0.25, -0.2) is 9.07 Å². The molecular formula is C13H18FN5O. The van der Waals surface area contributed by atoms with Crippen LogP contribution >= 0.6 is 0 Å². The van der Waals surface area contributed by atoms with E-state index in [2.05, 4.69) is 22.4 Å². The normalized spacial score (nSPS) is 10.9. The Hall–Kier alpha value is -2.02. The van der Waals surface area contributed by atoms with Gasteiger partial charge in [-0.15, -0.1) is 5.10 Å². The highest BCUT2D eigenvalue weighted by atomic mass is 19.1. The van der Waals surface area contributed by atoms with Gasteiger partial charge in [-0.2, -0.15) is 0 Å². The fourth-order valence-corrected chi connectivity index (χ4v) is 1.83. The average molecular weight is 279 g/mol. The molecule has 2 rings (SSSR count). The molecule has 0 saturated carbocycles. The number of ether oxygens (including phenoxy) is 1. The maximum atomic E-state index is 13.8. The van der Waals surface area contributed by atoms with E-state index in [0.717, 1.165) is 19.4 Å². The molecule has 7 heteroatoms. The van der Waals surface area contributed by atoms with Crippen LogP contribution in [0.4, 0.5) is 10.1 Å². The number of benzene rings is 1. The second kappa shape index (κ2) is 6.95. The maximum Gasteiger partial charge on any atom is 0.185 e. The van der Waals surface area contributed by atoms with E-state index >= 15 is 0 Å². The van der Waals surface area contributed by atoms with E-state index < -0.39 is 5.82 Å². The van der Waals surface area contributed by atoms with Crippen LogP contribution in [0.5, 0.6) is 0 Å². The number of aryl methyl sites for hydroxylation is 1. The summed E-state index contributed by atoms with van der Waals surface area (Å²) in [6.45, 7) is 4.00. The Balaban J connectivity index is 2.06. The summed E-state index contributed by atoms with van der Waals surface area (Å²) in [6.07, 6.45) is 1.76. The lowest BCUT2D eigenvalue weighted by molar-refractivity contribution is 0.128. The van der Waals surface area contributed by atoms with Crippen LogP contribution in [0.2, 0.25) is 0 Å². The number of hydrogen-bond acceptors (Lipinski definition) is 5. The number of anilines is 1. The summed E-state index contributed by atoms with van der Waals surface area (Å²) in [6, 6.07) is 4.35. The Labute approximate surface area is 116 Å². The summed E-state index contributed by atoms with van der Waals surface area (Å²) in [7, 11) is 0. The van der Waals surface area contributed by atoms with Gasteiger partial charge < -0.3 is 10.5 Å². The summed E-state index contributed by atoms with van der Waals surface area (Å²) >= 11 is 0. The monoisotopic (exact) mass is 279 g/mol. The summed E-state index contributed by atoms with van der Waals surface area (Å²) in [5.41, 5.74) is 6.46. The molecule has 0 amide bonds. The van der Waals surface area contributed by atoms with Gasteiger partial charge in [0.05, 0.1) is 5.56 Å². The molecular weight excluding hydrogens is 261 g/mol. The van der Waals surface area contributed by atoms with E-state index in [0.29, 0.717) is 30.2 Å². The standard InChI is InChI=1S/C13H18FN5O/c1-2-7-20-8-3-6-19-13(16-17-18-19)11-9-10(15)4-5-12(11)14/h4-5,9H,2-3,6-8,15H2,1H3. The smallest absolute Gasteiger partial charge is 0.185 e. The molecule has 2 aromatic rings. The van der Waals surface area contributed by atoms with Crippen molar-refractivity contribution in [3.63, 3.8) is 0 Å². The predicted octanol–water partition coefficient (Wildman–Crippen LogP) is 1.88. The van der Waals surface area contributed by atoms with Crippen LogP contribution < -0.4 is 5.73 Å². The van der Waals surface area contributed by atoms with Gasteiger partial charge in [0.25, 0.3) is 0 Å². The van der Waals surface area contributed by atoms with Gasteiger partial charge in [0.15, 0.2) is 5.82 Å². The van der Waals surface area contributed by atoms with Gasteiger partial charge >= 0.3 is 0 Å². The molecule has 1 heterocycles. The molecule has 1 aromatic heterocycles. The number of nitrogens with two attached hydrogens (primary N) is 1. The number of hydrogen-bond donors (Lipinski definition) is 1. The lowest BCUT2D eigenvalue weighted by Crippen LogP contribution is -2.07. The molecule has 108 valence electrons. The molecule has 0 bridgehead atoms. The number of rotatable bonds is 7. The van der Waals surface area contributed by atoms with Gasteiger partial charge in [0, 0.05) is 25.4 Å². The average Bonchev–Trinajstić information content (AvgIpc) is 2.89. The fourth-order valence-electron chi connectivity index (χ4n) is 1.83. The van der Waals surface area contributed by atoms with Crippen LogP contribution in [0.1, 0.15) is 19.8 Å². The Kier molecular flexibility index (Phi) is 5.00. The predicted molar refractivity (Wildman–Crippen MR) is 73.4 cm³/mol. The Morgan fingerprint density at radius 1 is 1.35 bits per heavy atom. The van der Waals surface area contributed by atoms with Crippen LogP contribution in [0.3, 0.4) is 0 Å². The van der Waals surface area contributed by atoms with E-state index in [1.54, 1.807) is 4.68 Å². The molecule has 6 nitrogen and oxygen atoms in total. The summed E-state index contributed by atoms with van der Waals surface area (Å²) in [5, 5.41) is 11.3. The van der Waals surface area contributed by atoms with E-state index in [9.17, 15) is 4.39 Å². The molecule has 0 aliphatic heterocycles. The SMILES string of the molecule is CCCOCCCn1nnnc1-c1cc(N)ccc1F. The Bertz CT molecular complexity index is 557. The first kappa shape index (κ1) is 14.4. The van der Waals surface area contributed by atoms with Gasteiger partial charge in [-0.1, -0.05) is 6.92 Å². The van der Waals surface area contributed by atoms with E-state index in [1.165, 1.54) is 18.2 Å². The van der Waals surface area contributed by atoms with Crippen LogP contribution in [-0.4, -0.2) is 33.4 Å². The van der Waals surface area contributed by atoms with Crippen molar-refractivity contribution in [2.24, 2.45) is 0 Å². The highest BCUT2D eigenvalue weighted by molar-refractivity contribution is 5.61. The van der Waals surface area contributed by atoms with Crippen molar-refractivity contribution < 1.29 is 9.13 Å². The van der Waals surface area contributed by atoms with Crippen molar-refractivity contribution in [2.45, 2.75) is 26.3 Å². The number of nitrogens with zero attached hydrogens (tertiary/aromatic N) is 4. The first-order valence-corrected chi connectivity index (χ1v) is 6.61. The molecule has 1 aromatic carbocycles. The van der Waals surface area contributed by atoms with Crippen LogP contribution in [-0.2, 0) is 11.3 Å². The van der Waals surface area contributed by atoms with Crippen LogP contribution in [0.25, 0.3) is 11.4 Å². The third-order valence-corrected chi connectivity index (χ3v) is 2.77. The fraction of sp³-hybridized carbons (Fsp3) is 0.462. The Morgan fingerprint density at radius 2 is 2.20 bits per heavy atom. The van der Waals surface area contributed by atoms with Crippen LogP contribution in [0.15, 0.2) is 18.2 Å². The van der Waals surface area contributed by atoms with Gasteiger partial charge in [0.1, 0.15) is 5.82 Å². The summed E-state index contributed by atoms with van der Waals surface area (Å²) < 4.78 is 20.8. The molecule has 0 fully saturated rings. The molecule has 0 aliphatic carbocycles. The number of halogens is 1. The number of nitrogen functional groups attached to an aromatic ring is 1. The second-order valence-electron chi connectivity index (χ2n) is 4.43. The molecule has 0 radical (unpaired) electrons. The van der Waals surface area contributed by atoms with Crippen molar-refractivity contribution in [3.8, 4) is 11.4 Å². The highest BCUT2D eigenvalue weighted by Gasteiger charge is 2.13. The van der Waals surface area contributed by atoms with Crippen molar-refractivity contribution in [3.05, 3.63) is 24.0 Å². The van der Waals surface area contributed by atoms with E-state index in [4.69, 9.17) is 10.5 Å². The van der Waals surface area contributed by atoms with E-state index in [-0.39, 0.29) is 0 Å². The molecule has 0 atom stereocenters. The second-order valence-corrected chi connectivity index (χ2v) is 4.43. The summed E-state index contributed by atoms with van der Waals surface area (Å²) in [5.74, 6) is -0.0113. The zero-order valence-corrected chi connectivity index (χ0v) is 11.4. The number of aromatic nitrogens is 4. The minimum atomic E-state index is -0.391. The molecule has 0 aliphatic rings. The molecule has 2 N–H and O–H groups in total. The van der Waals surface area contributed by atoms with E-state index in [1.807, 2.05) is 0 Å². The third kappa shape index (κ3) is 3.51. The topological polar surface area (TPSA) is 78.8 Å². The van der Waals surface area contributed by atoms with Crippen LogP contribution in [0, 0.1) is 5.82 Å². The molecule has 0 unspecified atom stereocenters. The first-order chi connectivity index (χ1) is 9.72. The molecule has 20 heavy (non-hydrogen) atoms. The van der Waals surface area contributed by atoms with Crippen molar-refractivity contribution in [1.29, 1.82) is 0 Å². The van der Waals surface area contributed by atoms with Gasteiger partial charge in [-0.05, 0) is 41.5 Å². The maximum absolute atomic E-state index is 13.8. The minimum absolute atomic E-state index is 0.310. The largest absolute Gasteiger partial charge is 0.399 e. The first-order valence-electron chi connectivity index (χ1n) is 6.61. The highest BCUT2D eigenvalue weighted by Crippen LogP contribution is 2.22. The lowest BCUT2D eigenvalue weighted by Gasteiger charge is -2.06.